The molecule has 8 nitrogen and oxygen atoms in total. The van der Waals surface area contributed by atoms with Crippen LogP contribution >= 0.6 is 11.3 Å². The lowest BCUT2D eigenvalue weighted by atomic mass is 10.2. The molecule has 138 valence electrons. The first-order chi connectivity index (χ1) is 13.0. The number of nitro groups is 1. The molecular formula is C18H15N3O5S. The largest absolute Gasteiger partial charge is 0.504 e. The van der Waals surface area contributed by atoms with Crippen LogP contribution in [0.3, 0.4) is 0 Å². The van der Waals surface area contributed by atoms with Crippen LogP contribution < -0.4 is 10.2 Å². The first kappa shape index (κ1) is 18.3. The molecule has 0 aliphatic carbocycles. The lowest BCUT2D eigenvalue weighted by Gasteiger charge is -2.05. The molecule has 3 aromatic rings. The third-order valence-corrected chi connectivity index (χ3v) is 4.71. The van der Waals surface area contributed by atoms with Gasteiger partial charge in [0.15, 0.2) is 11.5 Å². The van der Waals surface area contributed by atoms with Crippen molar-refractivity contribution in [1.29, 1.82) is 0 Å². The highest BCUT2D eigenvalue weighted by molar-refractivity contribution is 7.20. The highest BCUT2D eigenvalue weighted by Crippen LogP contribution is 2.29. The van der Waals surface area contributed by atoms with Gasteiger partial charge in [-0.3, -0.25) is 14.9 Å². The van der Waals surface area contributed by atoms with E-state index in [-0.39, 0.29) is 11.4 Å². The fourth-order valence-electron chi connectivity index (χ4n) is 2.36. The summed E-state index contributed by atoms with van der Waals surface area (Å²) >= 11 is 1.22. The molecule has 0 spiro atoms. The fourth-order valence-corrected chi connectivity index (χ4v) is 3.29. The summed E-state index contributed by atoms with van der Waals surface area (Å²) in [5.74, 6) is -0.0600. The standard InChI is InChI=1S/C18H15N3O5S/c1-2-26-15-7-11(3-5-14(15)22)10-19-20-18(23)17-9-12-8-13(21(24)25)4-6-16(12)27-17/h3-10,22H,2H2,1H3,(H,20,23)/b19-10-. The van der Waals surface area contributed by atoms with Gasteiger partial charge >= 0.3 is 0 Å². The van der Waals surface area contributed by atoms with Crippen molar-refractivity contribution < 1.29 is 19.6 Å². The molecule has 0 bridgehead atoms. The van der Waals surface area contributed by atoms with Crippen molar-refractivity contribution >= 4 is 39.2 Å². The maximum atomic E-state index is 12.2. The van der Waals surface area contributed by atoms with Gasteiger partial charge in [-0.25, -0.2) is 5.43 Å². The second-order valence-corrected chi connectivity index (χ2v) is 6.53. The molecule has 3 rings (SSSR count). The molecule has 0 saturated heterocycles. The minimum atomic E-state index is -0.477. The zero-order valence-corrected chi connectivity index (χ0v) is 15.0. The highest BCUT2D eigenvalue weighted by Gasteiger charge is 2.13. The van der Waals surface area contributed by atoms with E-state index in [1.807, 2.05) is 0 Å². The summed E-state index contributed by atoms with van der Waals surface area (Å²) in [6, 6.07) is 10.7. The molecule has 9 heteroatoms. The molecule has 1 amide bonds. The van der Waals surface area contributed by atoms with Crippen molar-refractivity contribution in [2.45, 2.75) is 6.92 Å². The van der Waals surface area contributed by atoms with Crippen LogP contribution in [-0.4, -0.2) is 28.8 Å². The number of nitrogens with one attached hydrogen (secondary N) is 1. The van der Waals surface area contributed by atoms with Gasteiger partial charge in [-0.1, -0.05) is 0 Å². The summed E-state index contributed by atoms with van der Waals surface area (Å²) in [5, 5.41) is 25.0. The van der Waals surface area contributed by atoms with E-state index >= 15 is 0 Å². The zero-order valence-electron chi connectivity index (χ0n) is 14.2. The van der Waals surface area contributed by atoms with Crippen LogP contribution in [0.4, 0.5) is 5.69 Å². The van der Waals surface area contributed by atoms with E-state index in [0.29, 0.717) is 28.2 Å². The maximum absolute atomic E-state index is 12.2. The van der Waals surface area contributed by atoms with Gasteiger partial charge in [0.05, 0.1) is 22.6 Å². The topological polar surface area (TPSA) is 114 Å². The van der Waals surface area contributed by atoms with Gasteiger partial charge in [0, 0.05) is 22.2 Å². The Labute approximate surface area is 157 Å². The third-order valence-electron chi connectivity index (χ3n) is 3.60. The number of thiophene rings is 1. The van der Waals surface area contributed by atoms with E-state index < -0.39 is 10.8 Å². The lowest BCUT2D eigenvalue weighted by Crippen LogP contribution is -2.16. The molecule has 0 atom stereocenters. The minimum Gasteiger partial charge on any atom is -0.504 e. The van der Waals surface area contributed by atoms with E-state index in [0.717, 1.165) is 4.70 Å². The van der Waals surface area contributed by atoms with Crippen LogP contribution in [-0.2, 0) is 0 Å². The number of hydrogen-bond donors (Lipinski definition) is 2. The zero-order chi connectivity index (χ0) is 19.4. The van der Waals surface area contributed by atoms with E-state index in [1.165, 1.54) is 35.8 Å². The second kappa shape index (κ2) is 7.83. The number of phenolic OH excluding ortho intramolecular Hbond substituents is 1. The molecule has 2 aromatic carbocycles. The quantitative estimate of drug-likeness (QED) is 0.382. The third kappa shape index (κ3) is 4.21. The predicted octanol–water partition coefficient (Wildman–Crippen LogP) is 3.68. The normalized spacial score (nSPS) is 11.0. The molecule has 0 fully saturated rings. The first-order valence-electron chi connectivity index (χ1n) is 7.95. The van der Waals surface area contributed by atoms with Crippen molar-refractivity contribution in [3.8, 4) is 11.5 Å². The number of nitro benzene ring substituents is 1. The number of aromatic hydroxyl groups is 1. The van der Waals surface area contributed by atoms with E-state index in [2.05, 4.69) is 10.5 Å². The number of rotatable bonds is 6. The Morgan fingerprint density at radius 3 is 2.89 bits per heavy atom. The number of fused-ring (bicyclic) bond motifs is 1. The Bertz CT molecular complexity index is 1040. The average Bonchev–Trinajstić information content (AvgIpc) is 3.07. The van der Waals surface area contributed by atoms with Crippen molar-refractivity contribution in [1.82, 2.24) is 5.43 Å². The molecule has 0 radical (unpaired) electrons. The summed E-state index contributed by atoms with van der Waals surface area (Å²) in [7, 11) is 0. The van der Waals surface area contributed by atoms with Crippen LogP contribution in [0, 0.1) is 10.1 Å². The van der Waals surface area contributed by atoms with Crippen LogP contribution in [0.25, 0.3) is 10.1 Å². The number of carbonyl (C=O) groups excluding carboxylic acids is 1. The number of carbonyl (C=O) groups is 1. The second-order valence-electron chi connectivity index (χ2n) is 5.45. The minimum absolute atomic E-state index is 0.0253. The van der Waals surface area contributed by atoms with Crippen molar-refractivity contribution in [2.75, 3.05) is 6.61 Å². The summed E-state index contributed by atoms with van der Waals surface area (Å²) in [5.41, 5.74) is 3.03. The van der Waals surface area contributed by atoms with Gasteiger partial charge in [0.25, 0.3) is 11.6 Å². The number of hydrazone groups is 1. The van der Waals surface area contributed by atoms with Gasteiger partial charge in [-0.05, 0) is 42.8 Å². The van der Waals surface area contributed by atoms with E-state index in [9.17, 15) is 20.0 Å². The predicted molar refractivity (Wildman–Crippen MR) is 103 cm³/mol. The molecule has 0 unspecified atom stereocenters. The summed E-state index contributed by atoms with van der Waals surface area (Å²) in [6.45, 7) is 2.22. The monoisotopic (exact) mass is 385 g/mol. The first-order valence-corrected chi connectivity index (χ1v) is 8.77. The molecule has 0 aliphatic rings. The summed E-state index contributed by atoms with van der Waals surface area (Å²) in [4.78, 5) is 23.0. The van der Waals surface area contributed by atoms with Gasteiger partial charge in [0.1, 0.15) is 0 Å². The highest BCUT2D eigenvalue weighted by atomic mass is 32.1. The maximum Gasteiger partial charge on any atom is 0.281 e. The number of amides is 1. The molecule has 0 saturated carbocycles. The number of ether oxygens (including phenoxy) is 1. The van der Waals surface area contributed by atoms with Crippen molar-refractivity contribution in [3.63, 3.8) is 0 Å². The molecule has 1 heterocycles. The molecular weight excluding hydrogens is 370 g/mol. The summed E-state index contributed by atoms with van der Waals surface area (Å²) in [6.07, 6.45) is 1.43. The lowest BCUT2D eigenvalue weighted by molar-refractivity contribution is -0.384. The number of non-ortho nitro benzene ring substituents is 1. The van der Waals surface area contributed by atoms with Crippen LogP contribution in [0.2, 0.25) is 0 Å². The smallest absolute Gasteiger partial charge is 0.281 e. The van der Waals surface area contributed by atoms with E-state index in [1.54, 1.807) is 31.2 Å². The number of benzene rings is 2. The Kier molecular flexibility index (Phi) is 5.32. The Morgan fingerprint density at radius 1 is 1.33 bits per heavy atom. The average molecular weight is 385 g/mol. The van der Waals surface area contributed by atoms with Gasteiger partial charge in [0.2, 0.25) is 0 Å². The Hall–Kier alpha value is -3.46. The van der Waals surface area contributed by atoms with E-state index in [4.69, 9.17) is 4.74 Å². The van der Waals surface area contributed by atoms with Gasteiger partial charge in [-0.2, -0.15) is 5.10 Å². The molecule has 2 N–H and O–H groups in total. The molecule has 27 heavy (non-hydrogen) atoms. The van der Waals surface area contributed by atoms with Gasteiger partial charge < -0.3 is 9.84 Å². The fraction of sp³-hybridized carbons (Fsp3) is 0.111. The molecule has 0 aliphatic heterocycles. The van der Waals surface area contributed by atoms with Crippen LogP contribution in [0.1, 0.15) is 22.2 Å². The van der Waals surface area contributed by atoms with Gasteiger partial charge in [-0.15, -0.1) is 11.3 Å². The number of hydrogen-bond acceptors (Lipinski definition) is 7. The SMILES string of the molecule is CCOc1cc(/C=N\NC(=O)c2cc3cc([N+](=O)[O-])ccc3s2)ccc1O. The van der Waals surface area contributed by atoms with Crippen LogP contribution in [0.15, 0.2) is 47.6 Å². The van der Waals surface area contributed by atoms with Crippen molar-refractivity contribution in [3.05, 3.63) is 63.0 Å². The van der Waals surface area contributed by atoms with Crippen LogP contribution in [0.5, 0.6) is 11.5 Å². The number of nitrogens with zero attached hydrogens (tertiary/aromatic N) is 2. The Morgan fingerprint density at radius 2 is 2.15 bits per heavy atom. The molecule has 1 aromatic heterocycles. The number of phenols is 1. The van der Waals surface area contributed by atoms with Crippen molar-refractivity contribution in [2.24, 2.45) is 5.10 Å². The Balaban J connectivity index is 1.72. The summed E-state index contributed by atoms with van der Waals surface area (Å²) < 4.78 is 6.06.